The summed E-state index contributed by atoms with van der Waals surface area (Å²) in [5, 5.41) is 3.20. The standard InChI is InChI=1S/C34H41FN4O4S/c1-7-26-27(23-8-11-25(35)12-9-23)21-44-32(26)37(5)31-28(13-15-30(40)42-6)36-29-14-10-24(20-39(29)31)22-16-18-38(19-17-22)33(41)43-34(2,3)4/h8-12,14,20-22H,7,13,15-19H2,1-6H3. The van der Waals surface area contributed by atoms with E-state index in [1.807, 2.05) is 46.0 Å². The summed E-state index contributed by atoms with van der Waals surface area (Å²) in [7, 11) is 3.44. The molecule has 1 fully saturated rings. The molecule has 1 saturated heterocycles. The number of amides is 1. The van der Waals surface area contributed by atoms with Crippen LogP contribution >= 0.6 is 11.3 Å². The van der Waals surface area contributed by atoms with Crippen molar-refractivity contribution in [3.63, 3.8) is 0 Å². The number of nitrogens with zero attached hydrogens (tertiary/aromatic N) is 4. The number of aryl methyl sites for hydroxylation is 1. The van der Waals surface area contributed by atoms with E-state index in [-0.39, 0.29) is 30.2 Å². The SMILES string of the molecule is CCc1c(-c2ccc(F)cc2)csc1N(C)c1c(CCC(=O)OC)nc2ccc(C3CCN(C(=O)OC(C)(C)C)CC3)cn12. The summed E-state index contributed by atoms with van der Waals surface area (Å²) < 4.78 is 26.3. The van der Waals surface area contributed by atoms with Gasteiger partial charge in [0.2, 0.25) is 0 Å². The number of esters is 1. The van der Waals surface area contributed by atoms with Crippen LogP contribution in [0.3, 0.4) is 0 Å². The van der Waals surface area contributed by atoms with E-state index in [2.05, 4.69) is 33.9 Å². The van der Waals surface area contributed by atoms with Crippen molar-refractivity contribution >= 4 is 39.9 Å². The summed E-state index contributed by atoms with van der Waals surface area (Å²) in [5.41, 5.74) is 5.51. The van der Waals surface area contributed by atoms with Crippen molar-refractivity contribution < 1.29 is 23.5 Å². The fourth-order valence-electron chi connectivity index (χ4n) is 5.87. The Labute approximate surface area is 262 Å². The summed E-state index contributed by atoms with van der Waals surface area (Å²) in [6.07, 6.45) is 5.04. The fraction of sp³-hybridized carbons (Fsp3) is 0.441. The summed E-state index contributed by atoms with van der Waals surface area (Å²) in [4.78, 5) is 33.7. The zero-order valence-electron chi connectivity index (χ0n) is 26.4. The van der Waals surface area contributed by atoms with Crippen LogP contribution in [-0.4, -0.2) is 59.2 Å². The van der Waals surface area contributed by atoms with Crippen molar-refractivity contribution in [2.45, 2.75) is 71.3 Å². The Morgan fingerprint density at radius 2 is 1.82 bits per heavy atom. The van der Waals surface area contributed by atoms with Crippen molar-refractivity contribution in [1.82, 2.24) is 14.3 Å². The summed E-state index contributed by atoms with van der Waals surface area (Å²) in [5.74, 6) is 0.651. The number of fused-ring (bicyclic) bond motifs is 1. The molecule has 4 aromatic rings. The van der Waals surface area contributed by atoms with Crippen LogP contribution in [-0.2, 0) is 27.1 Å². The zero-order chi connectivity index (χ0) is 31.6. The molecular weight excluding hydrogens is 579 g/mol. The number of anilines is 2. The Morgan fingerprint density at radius 3 is 2.45 bits per heavy atom. The van der Waals surface area contributed by atoms with E-state index >= 15 is 0 Å². The minimum absolute atomic E-state index is 0.225. The second-order valence-electron chi connectivity index (χ2n) is 12.2. The van der Waals surface area contributed by atoms with Gasteiger partial charge < -0.3 is 19.3 Å². The number of hydrogen-bond acceptors (Lipinski definition) is 7. The summed E-state index contributed by atoms with van der Waals surface area (Å²) >= 11 is 1.64. The highest BCUT2D eigenvalue weighted by molar-refractivity contribution is 7.15. The van der Waals surface area contributed by atoms with Crippen molar-refractivity contribution in [3.8, 4) is 11.1 Å². The van der Waals surface area contributed by atoms with E-state index in [1.54, 1.807) is 16.2 Å². The molecule has 4 heterocycles. The number of imidazole rings is 1. The number of ether oxygens (including phenoxy) is 2. The van der Waals surface area contributed by atoms with Crippen LogP contribution in [0.5, 0.6) is 0 Å². The molecule has 10 heteroatoms. The first-order valence-corrected chi connectivity index (χ1v) is 16.0. The monoisotopic (exact) mass is 620 g/mol. The van der Waals surface area contributed by atoms with E-state index < -0.39 is 5.60 Å². The quantitative estimate of drug-likeness (QED) is 0.188. The molecule has 5 rings (SSSR count). The van der Waals surface area contributed by atoms with Gasteiger partial charge in [0.05, 0.1) is 19.2 Å². The van der Waals surface area contributed by atoms with Crippen LogP contribution in [0, 0.1) is 5.82 Å². The number of carbonyl (C=O) groups is 2. The van der Waals surface area contributed by atoms with E-state index in [0.717, 1.165) is 52.5 Å². The number of thiophene rings is 1. The van der Waals surface area contributed by atoms with Crippen LogP contribution in [0.4, 0.5) is 20.0 Å². The third-order valence-electron chi connectivity index (χ3n) is 8.10. The topological polar surface area (TPSA) is 76.4 Å². The highest BCUT2D eigenvalue weighted by Gasteiger charge is 2.29. The summed E-state index contributed by atoms with van der Waals surface area (Å²) in [6, 6.07) is 10.8. The zero-order valence-corrected chi connectivity index (χ0v) is 27.2. The molecule has 0 aliphatic carbocycles. The lowest BCUT2D eigenvalue weighted by Crippen LogP contribution is -2.41. The normalized spacial score (nSPS) is 14.2. The van der Waals surface area contributed by atoms with Gasteiger partial charge in [-0.2, -0.15) is 0 Å². The second-order valence-corrected chi connectivity index (χ2v) is 13.1. The van der Waals surface area contributed by atoms with E-state index in [9.17, 15) is 14.0 Å². The lowest BCUT2D eigenvalue weighted by Gasteiger charge is -2.33. The number of piperidine rings is 1. The van der Waals surface area contributed by atoms with Gasteiger partial charge in [-0.3, -0.25) is 9.20 Å². The fourth-order valence-corrected chi connectivity index (χ4v) is 7.02. The van der Waals surface area contributed by atoms with Gasteiger partial charge >= 0.3 is 12.1 Å². The lowest BCUT2D eigenvalue weighted by molar-refractivity contribution is -0.140. The smallest absolute Gasteiger partial charge is 0.410 e. The van der Waals surface area contributed by atoms with Gasteiger partial charge in [-0.05, 0) is 86.4 Å². The number of halogens is 1. The molecule has 0 radical (unpaired) electrons. The van der Waals surface area contributed by atoms with E-state index in [4.69, 9.17) is 14.5 Å². The Hall–Kier alpha value is -3.92. The van der Waals surface area contributed by atoms with Crippen molar-refractivity contribution in [2.75, 3.05) is 32.1 Å². The van der Waals surface area contributed by atoms with E-state index in [1.165, 1.54) is 30.4 Å². The molecule has 1 amide bonds. The molecule has 3 aromatic heterocycles. The third-order valence-corrected chi connectivity index (χ3v) is 9.20. The average molecular weight is 621 g/mol. The number of likely N-dealkylation sites (tertiary alicyclic amines) is 1. The molecule has 0 atom stereocenters. The molecule has 0 spiro atoms. The number of aromatic nitrogens is 2. The number of pyridine rings is 1. The third kappa shape index (κ3) is 6.75. The molecule has 0 unspecified atom stereocenters. The van der Waals surface area contributed by atoms with Gasteiger partial charge in [-0.25, -0.2) is 14.2 Å². The number of rotatable bonds is 8. The van der Waals surface area contributed by atoms with Gasteiger partial charge in [0.1, 0.15) is 27.9 Å². The first kappa shape index (κ1) is 31.5. The maximum Gasteiger partial charge on any atom is 0.410 e. The second kappa shape index (κ2) is 13.0. The van der Waals surface area contributed by atoms with Gasteiger partial charge in [0.25, 0.3) is 0 Å². The molecular formula is C34H41FN4O4S. The molecule has 8 nitrogen and oxygen atoms in total. The largest absolute Gasteiger partial charge is 0.469 e. The van der Waals surface area contributed by atoms with Crippen LogP contribution in [0.15, 0.2) is 48.0 Å². The summed E-state index contributed by atoms with van der Waals surface area (Å²) in [6.45, 7) is 9.06. The van der Waals surface area contributed by atoms with Crippen molar-refractivity contribution in [3.05, 3.63) is 70.6 Å². The Bertz CT molecular complexity index is 1630. The molecule has 1 aromatic carbocycles. The predicted octanol–water partition coefficient (Wildman–Crippen LogP) is 7.75. The Morgan fingerprint density at radius 1 is 1.11 bits per heavy atom. The first-order chi connectivity index (χ1) is 21.0. The van der Waals surface area contributed by atoms with Gasteiger partial charge in [-0.15, -0.1) is 11.3 Å². The molecule has 44 heavy (non-hydrogen) atoms. The van der Waals surface area contributed by atoms with Crippen LogP contribution in [0.2, 0.25) is 0 Å². The number of methoxy groups -OCH3 is 1. The molecule has 1 aliphatic heterocycles. The lowest BCUT2D eigenvalue weighted by atomic mass is 9.90. The minimum atomic E-state index is -0.519. The molecule has 234 valence electrons. The van der Waals surface area contributed by atoms with Crippen molar-refractivity contribution in [1.29, 1.82) is 0 Å². The molecule has 0 N–H and O–H groups in total. The maximum atomic E-state index is 13.7. The number of carbonyl (C=O) groups excluding carboxylic acids is 2. The van der Waals surface area contributed by atoms with Crippen LogP contribution in [0.1, 0.15) is 69.7 Å². The highest BCUT2D eigenvalue weighted by atomic mass is 32.1. The van der Waals surface area contributed by atoms with Gasteiger partial charge in [-0.1, -0.05) is 25.1 Å². The number of benzene rings is 1. The molecule has 0 saturated carbocycles. The first-order valence-electron chi connectivity index (χ1n) is 15.1. The van der Waals surface area contributed by atoms with E-state index in [0.29, 0.717) is 19.5 Å². The maximum absolute atomic E-state index is 13.7. The predicted molar refractivity (Wildman–Crippen MR) is 172 cm³/mol. The molecule has 0 bridgehead atoms. The highest BCUT2D eigenvalue weighted by Crippen LogP contribution is 2.42. The van der Waals surface area contributed by atoms with Crippen LogP contribution < -0.4 is 4.90 Å². The molecule has 1 aliphatic rings. The van der Waals surface area contributed by atoms with Crippen LogP contribution in [0.25, 0.3) is 16.8 Å². The van der Waals surface area contributed by atoms with Gasteiger partial charge in [0.15, 0.2) is 0 Å². The minimum Gasteiger partial charge on any atom is -0.469 e. The number of hydrogen-bond donors (Lipinski definition) is 0. The Kier molecular flexibility index (Phi) is 9.29. The Balaban J connectivity index is 1.48. The van der Waals surface area contributed by atoms with Gasteiger partial charge in [0, 0.05) is 38.1 Å². The average Bonchev–Trinajstić information content (AvgIpc) is 3.60. The van der Waals surface area contributed by atoms with Crippen molar-refractivity contribution in [2.24, 2.45) is 0 Å².